The van der Waals surface area contributed by atoms with Crippen LogP contribution >= 0.6 is 0 Å². The zero-order valence-corrected chi connectivity index (χ0v) is 11.1. The lowest BCUT2D eigenvalue weighted by atomic mass is 10.3. The van der Waals surface area contributed by atoms with Gasteiger partial charge in [0.2, 0.25) is 0 Å². The molecule has 5 heteroatoms. The highest BCUT2D eigenvalue weighted by Gasteiger charge is 2.34. The van der Waals surface area contributed by atoms with Crippen molar-refractivity contribution in [2.45, 2.75) is 44.5 Å². The Labute approximate surface area is 98.7 Å². The van der Waals surface area contributed by atoms with Gasteiger partial charge >= 0.3 is 0 Å². The molecule has 0 aromatic heterocycles. The summed E-state index contributed by atoms with van der Waals surface area (Å²) in [4.78, 5) is 0. The molecule has 16 heavy (non-hydrogen) atoms. The number of hydrogen-bond acceptors (Lipinski definition) is 4. The Kier molecular flexibility index (Phi) is 5.72. The summed E-state index contributed by atoms with van der Waals surface area (Å²) in [6.45, 7) is 6.34. The third-order valence-corrected chi connectivity index (χ3v) is 5.45. The molecular formula is C11H23NO3S. The average molecular weight is 249 g/mol. The van der Waals surface area contributed by atoms with Gasteiger partial charge in [-0.1, -0.05) is 6.92 Å². The highest BCUT2D eigenvalue weighted by Crippen LogP contribution is 2.22. The van der Waals surface area contributed by atoms with E-state index >= 15 is 0 Å². The van der Waals surface area contributed by atoms with Gasteiger partial charge in [-0.05, 0) is 39.3 Å². The van der Waals surface area contributed by atoms with Crippen molar-refractivity contribution in [3.8, 4) is 0 Å². The maximum Gasteiger partial charge on any atom is 0.155 e. The van der Waals surface area contributed by atoms with Crippen molar-refractivity contribution in [2.75, 3.05) is 25.4 Å². The lowest BCUT2D eigenvalue weighted by Gasteiger charge is -2.14. The summed E-state index contributed by atoms with van der Waals surface area (Å²) >= 11 is 0. The normalized spacial score (nSPS) is 26.1. The Hall–Kier alpha value is -0.130. The van der Waals surface area contributed by atoms with Gasteiger partial charge in [-0.2, -0.15) is 0 Å². The van der Waals surface area contributed by atoms with Crippen LogP contribution < -0.4 is 5.32 Å². The molecule has 96 valence electrons. The summed E-state index contributed by atoms with van der Waals surface area (Å²) in [6, 6.07) is 0. The molecule has 1 N–H and O–H groups in total. The van der Waals surface area contributed by atoms with E-state index in [1.807, 2.05) is 13.8 Å². The maximum absolute atomic E-state index is 12.0. The molecule has 1 rings (SSSR count). The van der Waals surface area contributed by atoms with E-state index in [9.17, 15) is 8.42 Å². The molecule has 4 nitrogen and oxygen atoms in total. The van der Waals surface area contributed by atoms with E-state index in [0.717, 1.165) is 25.9 Å². The average Bonchev–Trinajstić information content (AvgIpc) is 2.65. The zero-order chi connectivity index (χ0) is 12.0. The Morgan fingerprint density at radius 2 is 2.12 bits per heavy atom. The summed E-state index contributed by atoms with van der Waals surface area (Å²) in [5.74, 6) is 0.302. The molecule has 0 saturated carbocycles. The van der Waals surface area contributed by atoms with E-state index in [1.165, 1.54) is 0 Å². The molecule has 0 bridgehead atoms. The fourth-order valence-corrected chi connectivity index (χ4v) is 4.09. The monoisotopic (exact) mass is 249 g/mol. The Morgan fingerprint density at radius 3 is 2.69 bits per heavy atom. The van der Waals surface area contributed by atoms with Gasteiger partial charge in [0.1, 0.15) is 0 Å². The molecule has 1 aliphatic heterocycles. The number of ether oxygens (including phenoxy) is 1. The van der Waals surface area contributed by atoms with Crippen LogP contribution in [0.1, 0.15) is 33.1 Å². The molecule has 0 aromatic rings. The van der Waals surface area contributed by atoms with Crippen LogP contribution in [0.25, 0.3) is 0 Å². The van der Waals surface area contributed by atoms with Crippen LogP contribution in [0.3, 0.4) is 0 Å². The van der Waals surface area contributed by atoms with Crippen molar-refractivity contribution in [3.63, 3.8) is 0 Å². The molecule has 2 unspecified atom stereocenters. The summed E-state index contributed by atoms with van der Waals surface area (Å²) in [5.41, 5.74) is 0. The van der Waals surface area contributed by atoms with Crippen molar-refractivity contribution in [2.24, 2.45) is 0 Å². The number of sulfone groups is 1. The minimum absolute atomic E-state index is 0.126. The second kappa shape index (κ2) is 6.57. The van der Waals surface area contributed by atoms with Crippen LogP contribution in [-0.2, 0) is 14.6 Å². The third-order valence-electron chi connectivity index (χ3n) is 3.05. The van der Waals surface area contributed by atoms with Crippen LogP contribution in [0.4, 0.5) is 0 Å². The Bertz CT molecular complexity index is 290. The smallest absolute Gasteiger partial charge is 0.155 e. The van der Waals surface area contributed by atoms with Crippen molar-refractivity contribution in [3.05, 3.63) is 0 Å². The van der Waals surface area contributed by atoms with Crippen molar-refractivity contribution >= 4 is 9.84 Å². The van der Waals surface area contributed by atoms with Crippen molar-refractivity contribution in [1.29, 1.82) is 0 Å². The molecular weight excluding hydrogens is 226 g/mol. The standard InChI is InChI=1S/C11H23NO3S/c1-3-12-7-4-5-9-16(13,14)11-6-8-15-10(11)2/h10-12H,3-9H2,1-2H3. The first-order chi connectivity index (χ1) is 7.58. The van der Waals surface area contributed by atoms with E-state index in [4.69, 9.17) is 4.74 Å². The van der Waals surface area contributed by atoms with E-state index in [2.05, 4.69) is 5.32 Å². The second-order valence-electron chi connectivity index (χ2n) is 4.33. The first-order valence-corrected chi connectivity index (χ1v) is 7.83. The van der Waals surface area contributed by atoms with Gasteiger partial charge in [-0.15, -0.1) is 0 Å². The van der Waals surface area contributed by atoms with Gasteiger partial charge in [0.05, 0.1) is 17.1 Å². The van der Waals surface area contributed by atoms with Crippen molar-refractivity contribution < 1.29 is 13.2 Å². The first kappa shape index (κ1) is 13.9. The predicted molar refractivity (Wildman–Crippen MR) is 65.4 cm³/mol. The minimum atomic E-state index is -2.95. The van der Waals surface area contributed by atoms with Crippen LogP contribution in [0.2, 0.25) is 0 Å². The summed E-state index contributed by atoms with van der Waals surface area (Å²) in [7, 11) is -2.95. The largest absolute Gasteiger partial charge is 0.377 e. The van der Waals surface area contributed by atoms with E-state index in [0.29, 0.717) is 18.8 Å². The SMILES string of the molecule is CCNCCCCS(=O)(=O)C1CCOC1C. The van der Waals surface area contributed by atoms with E-state index in [1.54, 1.807) is 0 Å². The number of nitrogens with one attached hydrogen (secondary N) is 1. The summed E-state index contributed by atoms with van der Waals surface area (Å²) in [5, 5.41) is 2.92. The van der Waals surface area contributed by atoms with Gasteiger partial charge in [0, 0.05) is 6.61 Å². The minimum Gasteiger partial charge on any atom is -0.377 e. The molecule has 0 aliphatic carbocycles. The Balaban J connectivity index is 2.29. The molecule has 2 atom stereocenters. The molecule has 1 heterocycles. The highest BCUT2D eigenvalue weighted by molar-refractivity contribution is 7.92. The zero-order valence-electron chi connectivity index (χ0n) is 10.2. The van der Waals surface area contributed by atoms with Crippen LogP contribution in [0.5, 0.6) is 0 Å². The Morgan fingerprint density at radius 1 is 1.38 bits per heavy atom. The van der Waals surface area contributed by atoms with E-state index < -0.39 is 9.84 Å². The maximum atomic E-state index is 12.0. The fourth-order valence-electron chi connectivity index (χ4n) is 2.07. The summed E-state index contributed by atoms with van der Waals surface area (Å²) in [6.07, 6.45) is 2.21. The van der Waals surface area contributed by atoms with Gasteiger partial charge < -0.3 is 10.1 Å². The van der Waals surface area contributed by atoms with Crippen molar-refractivity contribution in [1.82, 2.24) is 5.32 Å². The molecule has 0 spiro atoms. The van der Waals surface area contributed by atoms with Gasteiger partial charge in [0.25, 0.3) is 0 Å². The van der Waals surface area contributed by atoms with Crippen LogP contribution in [0.15, 0.2) is 0 Å². The molecule has 1 aliphatic rings. The fraction of sp³-hybridized carbons (Fsp3) is 1.00. The van der Waals surface area contributed by atoms with E-state index in [-0.39, 0.29) is 11.4 Å². The van der Waals surface area contributed by atoms with Gasteiger partial charge in [0.15, 0.2) is 9.84 Å². The number of hydrogen-bond donors (Lipinski definition) is 1. The molecule has 1 saturated heterocycles. The molecule has 0 amide bonds. The molecule has 0 radical (unpaired) electrons. The third kappa shape index (κ3) is 4.03. The van der Waals surface area contributed by atoms with Crippen LogP contribution in [-0.4, -0.2) is 45.2 Å². The predicted octanol–water partition coefficient (Wildman–Crippen LogP) is 0.968. The highest BCUT2D eigenvalue weighted by atomic mass is 32.2. The lowest BCUT2D eigenvalue weighted by Crippen LogP contribution is -2.30. The quantitative estimate of drug-likeness (QED) is 0.683. The summed E-state index contributed by atoms with van der Waals surface area (Å²) < 4.78 is 29.3. The molecule has 0 aromatic carbocycles. The lowest BCUT2D eigenvalue weighted by molar-refractivity contribution is 0.126. The van der Waals surface area contributed by atoms with Crippen LogP contribution in [0, 0.1) is 0 Å². The second-order valence-corrected chi connectivity index (χ2v) is 6.67. The molecule has 1 fully saturated rings. The van der Waals surface area contributed by atoms with Gasteiger partial charge in [-0.25, -0.2) is 8.42 Å². The number of unbranched alkanes of at least 4 members (excludes halogenated alkanes) is 1. The van der Waals surface area contributed by atoms with Gasteiger partial charge in [-0.3, -0.25) is 0 Å². The topological polar surface area (TPSA) is 55.4 Å². The first-order valence-electron chi connectivity index (χ1n) is 6.12. The number of rotatable bonds is 7.